The van der Waals surface area contributed by atoms with Gasteiger partial charge in [0.1, 0.15) is 0 Å². The van der Waals surface area contributed by atoms with Gasteiger partial charge < -0.3 is 19.8 Å². The Hall–Kier alpha value is -4.26. The maximum Gasteiger partial charge on any atom is 0.0878 e. The number of allylic oxidation sites excluding steroid dienone is 11. The van der Waals surface area contributed by atoms with Gasteiger partial charge in [-0.15, -0.1) is 0 Å². The number of nitrogens with one attached hydrogen (secondary N) is 2. The lowest BCUT2D eigenvalue weighted by atomic mass is 9.86. The third-order valence-electron chi connectivity index (χ3n) is 9.29. The fraction of sp³-hybridized carbons (Fsp3) is 0.409. The molecule has 4 aliphatic rings. The Morgan fingerprint density at radius 1 is 0.780 bits per heavy atom. The van der Waals surface area contributed by atoms with Crippen LogP contribution in [0.4, 0.5) is 0 Å². The molecule has 0 fully saturated rings. The zero-order valence-electron chi connectivity index (χ0n) is 32.3. The summed E-state index contributed by atoms with van der Waals surface area (Å²) in [4.78, 5) is 13.4. The highest BCUT2D eigenvalue weighted by molar-refractivity contribution is 6.20. The normalized spacial score (nSPS) is 22.8. The molecule has 0 saturated carbocycles. The molecule has 0 aromatic carbocycles. The highest BCUT2D eigenvalue weighted by atomic mass is 16.5. The molecule has 4 aliphatic heterocycles. The van der Waals surface area contributed by atoms with Crippen molar-refractivity contribution in [1.82, 2.24) is 10.3 Å². The summed E-state index contributed by atoms with van der Waals surface area (Å²) in [6.45, 7) is 17.9. The minimum atomic E-state index is -0.921. The van der Waals surface area contributed by atoms with E-state index in [1.54, 1.807) is 0 Å². The third kappa shape index (κ3) is 10.4. The topological polar surface area (TPSA) is 71.0 Å². The number of aromatic nitrogens is 1. The fourth-order valence-corrected chi connectivity index (χ4v) is 6.24. The molecule has 0 radical (unpaired) electrons. The zero-order chi connectivity index (χ0) is 36.5. The maximum absolute atomic E-state index is 9.95. The second kappa shape index (κ2) is 17.1. The molecule has 8 bridgehead atoms. The van der Waals surface area contributed by atoms with E-state index < -0.39 is 11.9 Å². The summed E-state index contributed by atoms with van der Waals surface area (Å²) in [7, 11) is 0. The first-order chi connectivity index (χ1) is 24.4. The molecule has 264 valence electrons. The van der Waals surface area contributed by atoms with Crippen molar-refractivity contribution in [3.8, 4) is 0 Å². The summed E-state index contributed by atoms with van der Waals surface area (Å²) in [5.41, 5.74) is 9.36. The molecule has 6 nitrogen and oxygen atoms in total. The van der Waals surface area contributed by atoms with Crippen LogP contribution in [-0.2, 0) is 9.47 Å². The third-order valence-corrected chi connectivity index (χ3v) is 9.29. The van der Waals surface area contributed by atoms with E-state index >= 15 is 0 Å². The van der Waals surface area contributed by atoms with Crippen LogP contribution in [0.15, 0.2) is 128 Å². The molecule has 4 atom stereocenters. The Bertz CT molecular complexity index is 1930. The SMILES string of the molecule is [2H]C1C(C(C)OCC=C(C)CCC=C(C)C)=C2C=C3C=CC(=N3)C=c3ccc([nH]3)=CC3=NC(=CC1(C(C)OCC=C(C)CCC=C(C)C)N2)C=C3. The number of hydrogen-bond donors (Lipinski definition) is 2. The predicted molar refractivity (Wildman–Crippen MR) is 211 cm³/mol. The van der Waals surface area contributed by atoms with Gasteiger partial charge in [-0.1, -0.05) is 46.6 Å². The molecule has 0 spiro atoms. The molecule has 5 heterocycles. The molecule has 1 aromatic rings. The van der Waals surface area contributed by atoms with Crippen LogP contribution < -0.4 is 16.0 Å². The zero-order valence-corrected chi connectivity index (χ0v) is 31.3. The molecular formula is C44H56N4O2. The lowest BCUT2D eigenvalue weighted by Gasteiger charge is -2.34. The molecule has 50 heavy (non-hydrogen) atoms. The molecule has 5 rings (SSSR count). The quantitative estimate of drug-likeness (QED) is 0.195. The first kappa shape index (κ1) is 35.6. The van der Waals surface area contributed by atoms with E-state index in [0.717, 1.165) is 70.5 Å². The lowest BCUT2D eigenvalue weighted by molar-refractivity contribution is 0.0351. The van der Waals surface area contributed by atoms with Gasteiger partial charge in [-0.2, -0.15) is 0 Å². The van der Waals surface area contributed by atoms with E-state index in [-0.39, 0.29) is 12.2 Å². The smallest absolute Gasteiger partial charge is 0.0878 e. The molecule has 6 heteroatoms. The average Bonchev–Trinajstić information content (AvgIpc) is 3.86. The van der Waals surface area contributed by atoms with Gasteiger partial charge in [-0.3, -0.25) is 0 Å². The average molecular weight is 674 g/mol. The summed E-state index contributed by atoms with van der Waals surface area (Å²) >= 11 is 0. The monoisotopic (exact) mass is 673 g/mol. The van der Waals surface area contributed by atoms with Crippen LogP contribution in [-0.4, -0.2) is 47.4 Å². The largest absolute Gasteiger partial charge is 0.373 e. The first-order valence-electron chi connectivity index (χ1n) is 18.6. The van der Waals surface area contributed by atoms with Crippen LogP contribution in [0.3, 0.4) is 0 Å². The van der Waals surface area contributed by atoms with Crippen molar-refractivity contribution in [2.75, 3.05) is 13.2 Å². The molecule has 0 aliphatic carbocycles. The van der Waals surface area contributed by atoms with Crippen molar-refractivity contribution < 1.29 is 10.8 Å². The van der Waals surface area contributed by atoms with Crippen LogP contribution in [0.2, 0.25) is 0 Å². The summed E-state index contributed by atoms with van der Waals surface area (Å²) < 4.78 is 23.0. The van der Waals surface area contributed by atoms with Crippen LogP contribution in [0.5, 0.6) is 0 Å². The molecule has 4 unspecified atom stereocenters. The van der Waals surface area contributed by atoms with E-state index in [9.17, 15) is 1.37 Å². The van der Waals surface area contributed by atoms with Gasteiger partial charge in [-0.05, 0) is 147 Å². The van der Waals surface area contributed by atoms with Gasteiger partial charge >= 0.3 is 0 Å². The molecule has 2 N–H and O–H groups in total. The van der Waals surface area contributed by atoms with Crippen molar-refractivity contribution in [1.29, 1.82) is 0 Å². The number of nitrogens with zero attached hydrogens (tertiary/aromatic N) is 2. The van der Waals surface area contributed by atoms with Crippen LogP contribution in [0.1, 0.15) is 88.8 Å². The summed E-state index contributed by atoms with van der Waals surface area (Å²) in [6.07, 6.45) is 27.8. The second-order valence-electron chi connectivity index (χ2n) is 14.3. The van der Waals surface area contributed by atoms with Gasteiger partial charge in [0.25, 0.3) is 0 Å². The highest BCUT2D eigenvalue weighted by Gasteiger charge is 2.43. The van der Waals surface area contributed by atoms with Crippen molar-refractivity contribution >= 4 is 23.6 Å². The van der Waals surface area contributed by atoms with Crippen molar-refractivity contribution in [3.63, 3.8) is 0 Å². The Labute approximate surface area is 301 Å². The van der Waals surface area contributed by atoms with E-state index in [1.807, 2.05) is 48.6 Å². The molecule has 1 aromatic heterocycles. The second-order valence-corrected chi connectivity index (χ2v) is 14.3. The van der Waals surface area contributed by atoms with Gasteiger partial charge in [0.15, 0.2) is 0 Å². The summed E-state index contributed by atoms with van der Waals surface area (Å²) in [5.74, 6) is 0. The standard InChI is InChI=1S/C44H56N4O2/c1-30(2)11-9-13-32(5)21-23-49-34(7)42-29-44(35(8)50-24-22-33(6)14-10-12-31(3)4)28-41-20-19-39(47-41)26-37-16-15-36(45-37)25-38-17-18-40(46-38)27-43(42)48-44/h11-12,15-22,25-28,34-35,45,48H,9-10,13-14,23-24,29H2,1-8H3/i29D. The number of hydrogen-bond acceptors (Lipinski definition) is 5. The first-order valence-corrected chi connectivity index (χ1v) is 18.0. The summed E-state index contributed by atoms with van der Waals surface area (Å²) in [6, 6.07) is 4.10. The van der Waals surface area contributed by atoms with Gasteiger partial charge in [0, 0.05) is 24.2 Å². The Morgan fingerprint density at radius 3 is 1.94 bits per heavy atom. The highest BCUT2D eigenvalue weighted by Crippen LogP contribution is 2.38. The number of rotatable bonds is 14. The van der Waals surface area contributed by atoms with Crippen LogP contribution in [0.25, 0.3) is 12.2 Å². The minimum Gasteiger partial charge on any atom is -0.373 e. The van der Waals surface area contributed by atoms with E-state index in [0.29, 0.717) is 13.2 Å². The van der Waals surface area contributed by atoms with E-state index in [1.165, 1.54) is 22.3 Å². The lowest BCUT2D eigenvalue weighted by Crippen LogP contribution is -2.49. The number of aliphatic imine (C=N–C) groups is 2. The van der Waals surface area contributed by atoms with Gasteiger partial charge in [-0.25, -0.2) is 9.98 Å². The number of H-pyrrole nitrogens is 1. The van der Waals surface area contributed by atoms with Crippen LogP contribution in [0, 0.1) is 0 Å². The van der Waals surface area contributed by atoms with E-state index in [4.69, 9.17) is 19.5 Å². The van der Waals surface area contributed by atoms with Gasteiger partial charge in [0.2, 0.25) is 0 Å². The minimum absolute atomic E-state index is 0.329. The Kier molecular flexibility index (Phi) is 12.2. The fourth-order valence-electron chi connectivity index (χ4n) is 6.24. The predicted octanol–water partition coefficient (Wildman–Crippen LogP) is 8.56. The maximum atomic E-state index is 9.95. The molecular weight excluding hydrogens is 617 g/mol. The Balaban J connectivity index is 1.51. The number of fused-ring (bicyclic) bond motifs is 6. The van der Waals surface area contributed by atoms with E-state index in [2.05, 4.69) is 102 Å². The van der Waals surface area contributed by atoms with Crippen molar-refractivity contribution in [2.45, 2.75) is 105 Å². The van der Waals surface area contributed by atoms with Gasteiger partial charge in [0.05, 0.1) is 53.8 Å². The summed E-state index contributed by atoms with van der Waals surface area (Å²) in [5, 5.41) is 5.74. The molecule has 0 amide bonds. The number of ether oxygens (including phenoxy) is 2. The van der Waals surface area contributed by atoms with Crippen LogP contribution >= 0.6 is 0 Å². The van der Waals surface area contributed by atoms with Crippen molar-refractivity contribution in [3.05, 3.63) is 129 Å². The molecule has 0 saturated heterocycles. The number of aromatic amines is 1. The van der Waals surface area contributed by atoms with Crippen molar-refractivity contribution in [2.24, 2.45) is 9.98 Å². The Morgan fingerprint density at radius 2 is 1.34 bits per heavy atom.